The Kier molecular flexibility index (Phi) is 4.15. The molecule has 0 bridgehead atoms. The van der Waals surface area contributed by atoms with Gasteiger partial charge in [0.2, 0.25) is 0 Å². The number of nitrogens with zero attached hydrogens (tertiary/aromatic N) is 1. The smallest absolute Gasteiger partial charge is 0.0761 e. The summed E-state index contributed by atoms with van der Waals surface area (Å²) in [7, 11) is 3.93. The topological polar surface area (TPSA) is 49.5 Å². The highest BCUT2D eigenvalue weighted by atomic mass is 35.5. The zero-order chi connectivity index (χ0) is 13.3. The third-order valence-electron chi connectivity index (χ3n) is 3.86. The predicted octanol–water partition coefficient (Wildman–Crippen LogP) is 2.57. The van der Waals surface area contributed by atoms with Crippen LogP contribution < -0.4 is 10.6 Å². The van der Waals surface area contributed by atoms with Crippen LogP contribution in [0.3, 0.4) is 0 Å². The number of rotatable bonds is 4. The van der Waals surface area contributed by atoms with Gasteiger partial charge in [-0.1, -0.05) is 24.1 Å². The van der Waals surface area contributed by atoms with E-state index in [-0.39, 0.29) is 6.04 Å². The molecule has 1 saturated carbocycles. The van der Waals surface area contributed by atoms with Crippen LogP contribution in [0.4, 0.5) is 5.69 Å². The van der Waals surface area contributed by atoms with Crippen LogP contribution >= 0.6 is 11.6 Å². The molecule has 0 spiro atoms. The Morgan fingerprint density at radius 2 is 2.06 bits per heavy atom. The first-order valence-corrected chi connectivity index (χ1v) is 6.79. The van der Waals surface area contributed by atoms with Gasteiger partial charge < -0.3 is 15.7 Å². The molecule has 1 aliphatic carbocycles. The maximum atomic E-state index is 10.2. The monoisotopic (exact) mass is 268 g/mol. The average Bonchev–Trinajstić information content (AvgIpc) is 2.25. The normalized spacial score (nSPS) is 19.2. The van der Waals surface area contributed by atoms with Gasteiger partial charge in [0.1, 0.15) is 0 Å². The molecule has 0 heterocycles. The van der Waals surface area contributed by atoms with E-state index >= 15 is 0 Å². The number of hydrogen-bond acceptors (Lipinski definition) is 3. The minimum Gasteiger partial charge on any atom is -0.391 e. The first-order valence-electron chi connectivity index (χ1n) is 6.41. The van der Waals surface area contributed by atoms with Crippen molar-refractivity contribution in [3.63, 3.8) is 0 Å². The maximum Gasteiger partial charge on any atom is 0.0761 e. The van der Waals surface area contributed by atoms with Crippen molar-refractivity contribution >= 4 is 17.3 Å². The van der Waals surface area contributed by atoms with E-state index in [2.05, 4.69) is 0 Å². The third-order valence-corrected chi connectivity index (χ3v) is 4.19. The fourth-order valence-electron chi connectivity index (χ4n) is 2.32. The van der Waals surface area contributed by atoms with Gasteiger partial charge in [-0.25, -0.2) is 0 Å². The summed E-state index contributed by atoms with van der Waals surface area (Å²) in [5.41, 5.74) is 8.00. The molecule has 0 aromatic heterocycles. The second-order valence-corrected chi connectivity index (χ2v) is 5.71. The van der Waals surface area contributed by atoms with Gasteiger partial charge in [-0.05, 0) is 36.5 Å². The Morgan fingerprint density at radius 3 is 2.50 bits per heavy atom. The predicted molar refractivity (Wildman–Crippen MR) is 76.1 cm³/mol. The Labute approximate surface area is 114 Å². The standard InChI is InChI=1S/C14H21ClN2O/c1-17(2)10-6-7-11(12(15)8-10)13(16)14(18)9-4-3-5-9/h6-9,13-14,18H,3-5,16H2,1-2H3/t13-,14+/m1/s1. The molecule has 3 N–H and O–H groups in total. The molecule has 1 aliphatic rings. The molecule has 1 aromatic rings. The van der Waals surface area contributed by atoms with Crippen molar-refractivity contribution in [2.75, 3.05) is 19.0 Å². The van der Waals surface area contributed by atoms with Crippen LogP contribution in [0, 0.1) is 5.92 Å². The van der Waals surface area contributed by atoms with Gasteiger partial charge in [0.15, 0.2) is 0 Å². The molecule has 1 aromatic carbocycles. The van der Waals surface area contributed by atoms with E-state index in [0.29, 0.717) is 10.9 Å². The van der Waals surface area contributed by atoms with Crippen molar-refractivity contribution in [2.24, 2.45) is 11.7 Å². The van der Waals surface area contributed by atoms with Crippen molar-refractivity contribution in [1.82, 2.24) is 0 Å². The van der Waals surface area contributed by atoms with Crippen molar-refractivity contribution in [3.05, 3.63) is 28.8 Å². The molecule has 2 atom stereocenters. The molecule has 0 amide bonds. The lowest BCUT2D eigenvalue weighted by Gasteiger charge is -2.34. The molecule has 0 unspecified atom stereocenters. The van der Waals surface area contributed by atoms with Gasteiger partial charge in [-0.2, -0.15) is 0 Å². The molecule has 2 rings (SSSR count). The van der Waals surface area contributed by atoms with Gasteiger partial charge in [-0.15, -0.1) is 0 Å². The second kappa shape index (κ2) is 5.47. The maximum absolute atomic E-state index is 10.2. The largest absolute Gasteiger partial charge is 0.391 e. The van der Waals surface area contributed by atoms with Crippen molar-refractivity contribution in [2.45, 2.75) is 31.4 Å². The minimum atomic E-state index is -0.485. The van der Waals surface area contributed by atoms with E-state index < -0.39 is 6.10 Å². The van der Waals surface area contributed by atoms with Gasteiger partial charge in [0.05, 0.1) is 12.1 Å². The van der Waals surface area contributed by atoms with E-state index in [4.69, 9.17) is 17.3 Å². The van der Waals surface area contributed by atoms with Gasteiger partial charge in [-0.3, -0.25) is 0 Å². The van der Waals surface area contributed by atoms with Crippen LogP contribution in [0.1, 0.15) is 30.9 Å². The van der Waals surface area contributed by atoms with Crippen LogP contribution in [0.25, 0.3) is 0 Å². The summed E-state index contributed by atoms with van der Waals surface area (Å²) < 4.78 is 0. The van der Waals surface area contributed by atoms with Gasteiger partial charge in [0.25, 0.3) is 0 Å². The second-order valence-electron chi connectivity index (χ2n) is 5.31. The molecule has 1 fully saturated rings. The molecule has 0 radical (unpaired) electrons. The lowest BCUT2D eigenvalue weighted by atomic mass is 9.77. The summed E-state index contributed by atoms with van der Waals surface area (Å²) >= 11 is 6.26. The average molecular weight is 269 g/mol. The first kappa shape index (κ1) is 13.7. The van der Waals surface area contributed by atoms with E-state index in [9.17, 15) is 5.11 Å². The number of hydrogen-bond donors (Lipinski definition) is 2. The van der Waals surface area contributed by atoms with Gasteiger partial charge in [0, 0.05) is 24.8 Å². The van der Waals surface area contributed by atoms with E-state index in [1.54, 1.807) is 0 Å². The summed E-state index contributed by atoms with van der Waals surface area (Å²) in [6.07, 6.45) is 2.85. The van der Waals surface area contributed by atoms with E-state index in [1.807, 2.05) is 37.2 Å². The van der Waals surface area contributed by atoms with Gasteiger partial charge >= 0.3 is 0 Å². The summed E-state index contributed by atoms with van der Waals surface area (Å²) in [6, 6.07) is 5.40. The number of aliphatic hydroxyl groups excluding tert-OH is 1. The lowest BCUT2D eigenvalue weighted by molar-refractivity contribution is 0.0414. The Bertz CT molecular complexity index is 418. The van der Waals surface area contributed by atoms with Crippen molar-refractivity contribution in [3.8, 4) is 0 Å². The Balaban J connectivity index is 2.16. The zero-order valence-electron chi connectivity index (χ0n) is 10.9. The number of anilines is 1. The Morgan fingerprint density at radius 1 is 1.39 bits per heavy atom. The highest BCUT2D eigenvalue weighted by molar-refractivity contribution is 6.31. The quantitative estimate of drug-likeness (QED) is 0.882. The summed E-state index contributed by atoms with van der Waals surface area (Å²) in [5, 5.41) is 10.8. The van der Waals surface area contributed by atoms with Crippen LogP contribution in [-0.2, 0) is 0 Å². The summed E-state index contributed by atoms with van der Waals surface area (Å²) in [4.78, 5) is 1.99. The number of nitrogens with two attached hydrogens (primary N) is 1. The molecular formula is C14H21ClN2O. The molecule has 18 heavy (non-hydrogen) atoms. The molecular weight excluding hydrogens is 248 g/mol. The number of benzene rings is 1. The lowest BCUT2D eigenvalue weighted by Crippen LogP contribution is -2.36. The summed E-state index contributed by atoms with van der Waals surface area (Å²) in [6.45, 7) is 0. The SMILES string of the molecule is CN(C)c1ccc([C@@H](N)[C@@H](O)C2CCC2)c(Cl)c1. The zero-order valence-corrected chi connectivity index (χ0v) is 11.7. The first-order chi connectivity index (χ1) is 8.50. The third kappa shape index (κ3) is 2.63. The molecule has 4 heteroatoms. The van der Waals surface area contributed by atoms with Crippen molar-refractivity contribution < 1.29 is 5.11 Å². The molecule has 100 valence electrons. The highest BCUT2D eigenvalue weighted by Gasteiger charge is 2.31. The molecule has 0 aliphatic heterocycles. The van der Waals surface area contributed by atoms with Crippen LogP contribution in [-0.4, -0.2) is 25.3 Å². The highest BCUT2D eigenvalue weighted by Crippen LogP contribution is 2.36. The van der Waals surface area contributed by atoms with E-state index in [1.165, 1.54) is 6.42 Å². The molecule has 3 nitrogen and oxygen atoms in total. The fraction of sp³-hybridized carbons (Fsp3) is 0.571. The number of halogens is 1. The van der Waals surface area contributed by atoms with Crippen LogP contribution in [0.15, 0.2) is 18.2 Å². The Hall–Kier alpha value is -0.770. The van der Waals surface area contributed by atoms with Crippen molar-refractivity contribution in [1.29, 1.82) is 0 Å². The molecule has 0 saturated heterocycles. The van der Waals surface area contributed by atoms with Crippen LogP contribution in [0.5, 0.6) is 0 Å². The van der Waals surface area contributed by atoms with E-state index in [0.717, 1.165) is 24.1 Å². The van der Waals surface area contributed by atoms with Crippen LogP contribution in [0.2, 0.25) is 5.02 Å². The number of aliphatic hydroxyl groups is 1. The minimum absolute atomic E-state index is 0.338. The summed E-state index contributed by atoms with van der Waals surface area (Å²) in [5.74, 6) is 0.338. The fourth-order valence-corrected chi connectivity index (χ4v) is 2.62.